The maximum absolute atomic E-state index is 9.90. The van der Waals surface area contributed by atoms with Gasteiger partial charge in [-0.25, -0.2) is 4.79 Å². The molecule has 0 aliphatic rings. The lowest BCUT2D eigenvalue weighted by Crippen LogP contribution is -2.46. The van der Waals surface area contributed by atoms with Crippen LogP contribution in [0.5, 0.6) is 5.75 Å². The van der Waals surface area contributed by atoms with Crippen molar-refractivity contribution in [3.8, 4) is 5.75 Å². The summed E-state index contributed by atoms with van der Waals surface area (Å²) in [6, 6.07) is 7.88. The fourth-order valence-corrected chi connectivity index (χ4v) is 1.05. The number of phenolic OH excluding ortho intramolecular Hbond substituents is 1. The van der Waals surface area contributed by atoms with Crippen LogP contribution in [0.1, 0.15) is 0 Å². The first-order valence-electron chi connectivity index (χ1n) is 6.24. The summed E-state index contributed by atoms with van der Waals surface area (Å²) >= 11 is 0. The van der Waals surface area contributed by atoms with Gasteiger partial charge in [0, 0.05) is 0 Å². The lowest BCUT2D eigenvalue weighted by atomic mass is 10.0. The van der Waals surface area contributed by atoms with Crippen LogP contribution in [0.3, 0.4) is 0 Å². The summed E-state index contributed by atoms with van der Waals surface area (Å²) in [5, 5.41) is 52.2. The Kier molecular flexibility index (Phi) is 13.4. The number of para-hydroxylation sites is 1. The van der Waals surface area contributed by atoms with Gasteiger partial charge in [0.2, 0.25) is 0 Å². The molecule has 0 saturated heterocycles. The molecular formula is C13H22N2O8. The van der Waals surface area contributed by atoms with E-state index in [9.17, 15) is 4.79 Å². The van der Waals surface area contributed by atoms with E-state index in [4.69, 9.17) is 35.4 Å². The van der Waals surface area contributed by atoms with Crippen LogP contribution in [0.15, 0.2) is 30.3 Å². The van der Waals surface area contributed by atoms with Crippen molar-refractivity contribution in [2.75, 3.05) is 6.61 Å². The Morgan fingerprint density at radius 1 is 1.04 bits per heavy atom. The Bertz CT molecular complexity index is 427. The number of nitrogens with two attached hydrogens (primary N) is 2. The number of amides is 2. The van der Waals surface area contributed by atoms with Crippen molar-refractivity contribution in [3.05, 3.63) is 30.3 Å². The predicted molar refractivity (Wildman–Crippen MR) is 79.1 cm³/mol. The Morgan fingerprint density at radius 3 is 1.74 bits per heavy atom. The summed E-state index contributed by atoms with van der Waals surface area (Å²) < 4.78 is 0. The van der Waals surface area contributed by atoms with Gasteiger partial charge in [-0.1, -0.05) is 18.2 Å². The first-order valence-corrected chi connectivity index (χ1v) is 6.24. The third-order valence-electron chi connectivity index (χ3n) is 2.18. The predicted octanol–water partition coefficient (Wildman–Crippen LogP) is -2.96. The van der Waals surface area contributed by atoms with Crippen LogP contribution in [-0.2, 0) is 4.79 Å². The highest BCUT2D eigenvalue weighted by Gasteiger charge is 2.29. The lowest BCUT2D eigenvalue weighted by molar-refractivity contribution is -0.136. The molecule has 23 heavy (non-hydrogen) atoms. The molecule has 1 rings (SSSR count). The van der Waals surface area contributed by atoms with Gasteiger partial charge < -0.3 is 46.9 Å². The number of carbonyl (C=O) groups excluding carboxylic acids is 2. The Morgan fingerprint density at radius 2 is 1.48 bits per heavy atom. The molecule has 10 N–H and O–H groups in total. The number of aromatic hydroxyl groups is 1. The Labute approximate surface area is 132 Å². The number of aliphatic hydroxyl groups excluding tert-OH is 5. The van der Waals surface area contributed by atoms with Crippen LogP contribution >= 0.6 is 0 Å². The molecule has 1 aromatic carbocycles. The Balaban J connectivity index is 0. The second-order valence-corrected chi connectivity index (χ2v) is 4.10. The van der Waals surface area contributed by atoms with Crippen LogP contribution in [0.25, 0.3) is 0 Å². The molecule has 10 heteroatoms. The van der Waals surface area contributed by atoms with Gasteiger partial charge in [-0.2, -0.15) is 0 Å². The zero-order valence-corrected chi connectivity index (χ0v) is 12.1. The molecule has 132 valence electrons. The molecule has 0 aromatic heterocycles. The lowest BCUT2D eigenvalue weighted by Gasteiger charge is -2.22. The third-order valence-corrected chi connectivity index (χ3v) is 2.18. The molecule has 0 spiro atoms. The quantitative estimate of drug-likeness (QED) is 0.260. The van der Waals surface area contributed by atoms with Gasteiger partial charge in [0.1, 0.15) is 30.2 Å². The summed E-state index contributed by atoms with van der Waals surface area (Å²) in [6.45, 7) is -0.760. The van der Waals surface area contributed by atoms with Crippen molar-refractivity contribution in [1.82, 2.24) is 0 Å². The van der Waals surface area contributed by atoms with Crippen LogP contribution in [0.2, 0.25) is 0 Å². The number of rotatable bonds is 5. The topological polar surface area (TPSA) is 208 Å². The number of aldehydes is 1. The molecule has 0 bridgehead atoms. The first kappa shape index (κ1) is 23.0. The zero-order valence-electron chi connectivity index (χ0n) is 12.1. The summed E-state index contributed by atoms with van der Waals surface area (Å²) in [6.07, 6.45) is -6.84. The van der Waals surface area contributed by atoms with E-state index in [1.165, 1.54) is 0 Å². The van der Waals surface area contributed by atoms with Crippen LogP contribution in [0, 0.1) is 0 Å². The molecule has 0 saturated carbocycles. The number of aliphatic hydroxyl groups is 5. The summed E-state index contributed by atoms with van der Waals surface area (Å²) in [5.74, 6) is 0.322. The van der Waals surface area contributed by atoms with Crippen LogP contribution < -0.4 is 11.5 Å². The minimum atomic E-state index is -1.79. The highest BCUT2D eigenvalue weighted by Crippen LogP contribution is 2.03. The van der Waals surface area contributed by atoms with E-state index >= 15 is 0 Å². The van der Waals surface area contributed by atoms with Gasteiger partial charge in [-0.05, 0) is 12.1 Å². The van der Waals surface area contributed by atoms with E-state index in [0.717, 1.165) is 0 Å². The van der Waals surface area contributed by atoms with Gasteiger partial charge in [0.25, 0.3) is 0 Å². The van der Waals surface area contributed by atoms with Gasteiger partial charge in [-0.15, -0.1) is 0 Å². The largest absolute Gasteiger partial charge is 0.508 e. The average Bonchev–Trinajstić information content (AvgIpc) is 2.52. The summed E-state index contributed by atoms with van der Waals surface area (Å²) in [7, 11) is 0. The van der Waals surface area contributed by atoms with Gasteiger partial charge in [0.05, 0.1) is 6.61 Å². The molecule has 0 aliphatic carbocycles. The van der Waals surface area contributed by atoms with E-state index in [2.05, 4.69) is 11.5 Å². The van der Waals surface area contributed by atoms with Crippen molar-refractivity contribution in [3.63, 3.8) is 0 Å². The molecule has 2 amide bonds. The number of primary amides is 2. The standard InChI is InChI=1S/C6H12O6.C6H6O.CH4N2O/c7-1-3(9)5(11)6(12)4(10)2-8;7-6-4-2-1-3-5-6;2-1(3)4/h1,3-6,8-12H,2H2;1-5,7H;(H4,2,3,4)/t3-,4+,5+,6+;;/m0../s1. The highest BCUT2D eigenvalue weighted by atomic mass is 16.4. The number of benzene rings is 1. The molecule has 0 radical (unpaired) electrons. The highest BCUT2D eigenvalue weighted by molar-refractivity contribution is 5.69. The average molecular weight is 334 g/mol. The van der Waals surface area contributed by atoms with Gasteiger partial charge >= 0.3 is 6.03 Å². The summed E-state index contributed by atoms with van der Waals surface area (Å²) in [4.78, 5) is 18.9. The van der Waals surface area contributed by atoms with E-state index in [1.54, 1.807) is 24.3 Å². The SMILES string of the molecule is NC(N)=O.O=C[C@H](O)[C@@H](O)[C@H](O)[C@H](O)CO.Oc1ccccc1. The maximum Gasteiger partial charge on any atom is 0.309 e. The number of urea groups is 1. The number of carbonyl (C=O) groups is 2. The van der Waals surface area contributed by atoms with Crippen molar-refractivity contribution < 1.29 is 40.2 Å². The number of hydrogen-bond donors (Lipinski definition) is 8. The molecular weight excluding hydrogens is 312 g/mol. The van der Waals surface area contributed by atoms with Crippen LogP contribution in [0.4, 0.5) is 4.79 Å². The summed E-state index contributed by atoms with van der Waals surface area (Å²) in [5.41, 5.74) is 8.50. The molecule has 0 fully saturated rings. The van der Waals surface area contributed by atoms with Gasteiger partial charge in [0.15, 0.2) is 6.29 Å². The molecule has 0 heterocycles. The van der Waals surface area contributed by atoms with Crippen molar-refractivity contribution in [2.24, 2.45) is 11.5 Å². The van der Waals surface area contributed by atoms with E-state index < -0.39 is 37.1 Å². The second-order valence-electron chi connectivity index (χ2n) is 4.10. The van der Waals surface area contributed by atoms with Crippen molar-refractivity contribution in [1.29, 1.82) is 0 Å². The van der Waals surface area contributed by atoms with Crippen molar-refractivity contribution >= 4 is 12.3 Å². The zero-order chi connectivity index (χ0) is 18.4. The number of phenols is 1. The number of hydrogen-bond acceptors (Lipinski definition) is 8. The molecule has 4 atom stereocenters. The minimum Gasteiger partial charge on any atom is -0.508 e. The molecule has 10 nitrogen and oxygen atoms in total. The minimum absolute atomic E-state index is 0.0258. The van der Waals surface area contributed by atoms with Crippen LogP contribution in [-0.4, -0.2) is 74.0 Å². The normalized spacial score (nSPS) is 14.7. The fraction of sp³-hybridized carbons (Fsp3) is 0.385. The van der Waals surface area contributed by atoms with E-state index in [1.807, 2.05) is 6.07 Å². The molecule has 0 aliphatic heterocycles. The fourth-order valence-electron chi connectivity index (χ4n) is 1.05. The van der Waals surface area contributed by atoms with E-state index in [0.29, 0.717) is 5.75 Å². The monoisotopic (exact) mass is 334 g/mol. The second kappa shape index (κ2) is 13.4. The first-order chi connectivity index (χ1) is 10.7. The Hall–Kier alpha value is -2.24. The smallest absolute Gasteiger partial charge is 0.309 e. The molecule has 0 unspecified atom stereocenters. The van der Waals surface area contributed by atoms with E-state index in [-0.39, 0.29) is 6.29 Å². The third kappa shape index (κ3) is 13.2. The molecule has 1 aromatic rings. The maximum atomic E-state index is 9.90. The van der Waals surface area contributed by atoms with Crippen molar-refractivity contribution in [2.45, 2.75) is 24.4 Å². The van der Waals surface area contributed by atoms with Gasteiger partial charge in [-0.3, -0.25) is 0 Å².